The summed E-state index contributed by atoms with van der Waals surface area (Å²) in [6.45, 7) is 1.78. The highest BCUT2D eigenvalue weighted by molar-refractivity contribution is 5.78. The van der Waals surface area contributed by atoms with Gasteiger partial charge in [-0.15, -0.1) is 0 Å². The van der Waals surface area contributed by atoms with Crippen molar-refractivity contribution in [2.75, 3.05) is 5.73 Å². The molecule has 0 aliphatic carbocycles. The largest absolute Gasteiger partial charge is 0.399 e. The van der Waals surface area contributed by atoms with E-state index >= 15 is 0 Å². The molecule has 0 aliphatic rings. The van der Waals surface area contributed by atoms with Gasteiger partial charge in [-0.2, -0.15) is 0 Å². The molecule has 80 valence electrons. The van der Waals surface area contributed by atoms with Crippen LogP contribution in [0.1, 0.15) is 19.2 Å². The Kier molecular flexibility index (Phi) is 2.60. The van der Waals surface area contributed by atoms with Gasteiger partial charge in [-0.05, 0) is 31.5 Å². The molecule has 1 atom stereocenters. The number of nitrogen functional groups attached to an aromatic ring is 1. The van der Waals surface area contributed by atoms with Gasteiger partial charge in [0.1, 0.15) is 5.82 Å². The number of aromatic nitrogens is 2. The minimum Gasteiger partial charge on any atom is -0.399 e. The van der Waals surface area contributed by atoms with Crippen LogP contribution in [-0.4, -0.2) is 21.2 Å². The van der Waals surface area contributed by atoms with Crippen LogP contribution in [0.25, 0.3) is 11.0 Å². The number of nitrogens with two attached hydrogens (primary N) is 1. The quantitative estimate of drug-likeness (QED) is 0.664. The predicted molar refractivity (Wildman–Crippen MR) is 60.5 cm³/mol. The molecule has 4 N–H and O–H groups in total. The molecule has 4 heteroatoms. The Morgan fingerprint density at radius 2 is 2.33 bits per heavy atom. The molecule has 0 spiro atoms. The summed E-state index contributed by atoms with van der Waals surface area (Å²) in [6.07, 6.45) is 1.19. The van der Waals surface area contributed by atoms with Gasteiger partial charge < -0.3 is 15.8 Å². The van der Waals surface area contributed by atoms with Gasteiger partial charge in [0.25, 0.3) is 0 Å². The molecule has 4 nitrogen and oxygen atoms in total. The lowest BCUT2D eigenvalue weighted by atomic mass is 10.2. The van der Waals surface area contributed by atoms with E-state index in [1.165, 1.54) is 0 Å². The van der Waals surface area contributed by atoms with Gasteiger partial charge in [0.15, 0.2) is 0 Å². The van der Waals surface area contributed by atoms with Gasteiger partial charge in [-0.25, -0.2) is 4.98 Å². The van der Waals surface area contributed by atoms with E-state index in [0.717, 1.165) is 35.4 Å². The topological polar surface area (TPSA) is 74.9 Å². The van der Waals surface area contributed by atoms with E-state index in [9.17, 15) is 5.11 Å². The maximum Gasteiger partial charge on any atom is 0.107 e. The van der Waals surface area contributed by atoms with Crippen LogP contribution in [0.2, 0.25) is 0 Å². The number of aryl methyl sites for hydroxylation is 1. The van der Waals surface area contributed by atoms with E-state index in [1.807, 2.05) is 18.2 Å². The van der Waals surface area contributed by atoms with Crippen LogP contribution in [0.4, 0.5) is 5.69 Å². The minimum absolute atomic E-state index is 0.289. The number of benzene rings is 1. The predicted octanol–water partition coefficient (Wildman–Crippen LogP) is 1.46. The number of H-pyrrole nitrogens is 1. The van der Waals surface area contributed by atoms with Crippen molar-refractivity contribution in [3.63, 3.8) is 0 Å². The van der Waals surface area contributed by atoms with Crippen LogP contribution in [0.5, 0.6) is 0 Å². The van der Waals surface area contributed by atoms with Gasteiger partial charge >= 0.3 is 0 Å². The molecule has 0 fully saturated rings. The fraction of sp³-hybridized carbons (Fsp3) is 0.364. The molecular formula is C11H15N3O. The number of rotatable bonds is 3. The molecule has 0 bridgehead atoms. The first kappa shape index (κ1) is 9.98. The average Bonchev–Trinajstić information content (AvgIpc) is 2.56. The molecule has 0 saturated carbocycles. The molecule has 1 heterocycles. The summed E-state index contributed by atoms with van der Waals surface area (Å²) in [6, 6.07) is 5.60. The summed E-state index contributed by atoms with van der Waals surface area (Å²) < 4.78 is 0. The Bertz CT molecular complexity index is 462. The Labute approximate surface area is 88.1 Å². The lowest BCUT2D eigenvalue weighted by Gasteiger charge is -1.99. The summed E-state index contributed by atoms with van der Waals surface area (Å²) in [5.41, 5.74) is 8.27. The Hall–Kier alpha value is -1.55. The van der Waals surface area contributed by atoms with Crippen molar-refractivity contribution in [2.45, 2.75) is 25.9 Å². The zero-order valence-electron chi connectivity index (χ0n) is 8.70. The second-order valence-electron chi connectivity index (χ2n) is 3.85. The normalized spacial score (nSPS) is 13.2. The number of hydrogen-bond donors (Lipinski definition) is 3. The van der Waals surface area contributed by atoms with Crippen molar-refractivity contribution in [1.29, 1.82) is 0 Å². The molecule has 15 heavy (non-hydrogen) atoms. The van der Waals surface area contributed by atoms with Crippen molar-refractivity contribution in [3.05, 3.63) is 24.0 Å². The number of fused-ring (bicyclic) bond motifs is 1. The second kappa shape index (κ2) is 3.90. The molecule has 0 unspecified atom stereocenters. The fourth-order valence-corrected chi connectivity index (χ4v) is 1.54. The molecule has 1 aromatic heterocycles. The average molecular weight is 205 g/mol. The van der Waals surface area contributed by atoms with E-state index in [0.29, 0.717) is 0 Å². The van der Waals surface area contributed by atoms with Crippen LogP contribution in [0, 0.1) is 0 Å². The van der Waals surface area contributed by atoms with Gasteiger partial charge in [0, 0.05) is 12.1 Å². The van der Waals surface area contributed by atoms with E-state index in [2.05, 4.69) is 9.97 Å². The lowest BCUT2D eigenvalue weighted by Crippen LogP contribution is -2.02. The van der Waals surface area contributed by atoms with Gasteiger partial charge in [-0.3, -0.25) is 0 Å². The molecule has 0 radical (unpaired) electrons. The van der Waals surface area contributed by atoms with Crippen LogP contribution >= 0.6 is 0 Å². The van der Waals surface area contributed by atoms with Crippen LogP contribution < -0.4 is 5.73 Å². The number of nitrogens with one attached hydrogen (secondary N) is 1. The number of aliphatic hydroxyl groups excluding tert-OH is 1. The minimum atomic E-state index is -0.289. The third-order valence-corrected chi connectivity index (χ3v) is 2.35. The summed E-state index contributed by atoms with van der Waals surface area (Å²) in [5.74, 6) is 0.900. The van der Waals surface area contributed by atoms with Crippen molar-refractivity contribution in [3.8, 4) is 0 Å². The molecule has 1 aromatic carbocycles. The third kappa shape index (κ3) is 2.27. The van der Waals surface area contributed by atoms with Crippen molar-refractivity contribution in [2.24, 2.45) is 0 Å². The monoisotopic (exact) mass is 205 g/mol. The number of nitrogens with zero attached hydrogens (tertiary/aromatic N) is 1. The van der Waals surface area contributed by atoms with Crippen molar-refractivity contribution < 1.29 is 5.11 Å². The van der Waals surface area contributed by atoms with Crippen LogP contribution in [-0.2, 0) is 6.42 Å². The maximum absolute atomic E-state index is 9.17. The van der Waals surface area contributed by atoms with Gasteiger partial charge in [0.2, 0.25) is 0 Å². The second-order valence-corrected chi connectivity index (χ2v) is 3.85. The highest BCUT2D eigenvalue weighted by atomic mass is 16.3. The van der Waals surface area contributed by atoms with Crippen molar-refractivity contribution >= 4 is 16.7 Å². The SMILES string of the molecule is C[C@@H](O)CCc1nc2ccc(N)cc2[nH]1. The van der Waals surface area contributed by atoms with Gasteiger partial charge in [-0.1, -0.05) is 0 Å². The summed E-state index contributed by atoms with van der Waals surface area (Å²) in [7, 11) is 0. The third-order valence-electron chi connectivity index (χ3n) is 2.35. The first-order chi connectivity index (χ1) is 7.15. The first-order valence-corrected chi connectivity index (χ1v) is 5.07. The van der Waals surface area contributed by atoms with E-state index < -0.39 is 0 Å². The van der Waals surface area contributed by atoms with Gasteiger partial charge in [0.05, 0.1) is 17.1 Å². The molecule has 2 rings (SSSR count). The molecule has 2 aromatic rings. The number of anilines is 1. The Morgan fingerprint density at radius 3 is 3.07 bits per heavy atom. The van der Waals surface area contributed by atoms with Crippen molar-refractivity contribution in [1.82, 2.24) is 9.97 Å². The highest BCUT2D eigenvalue weighted by Gasteiger charge is 2.04. The zero-order chi connectivity index (χ0) is 10.8. The maximum atomic E-state index is 9.17. The highest BCUT2D eigenvalue weighted by Crippen LogP contribution is 2.15. The van der Waals surface area contributed by atoms with E-state index in [-0.39, 0.29) is 6.10 Å². The van der Waals surface area contributed by atoms with Crippen LogP contribution in [0.3, 0.4) is 0 Å². The lowest BCUT2D eigenvalue weighted by molar-refractivity contribution is 0.184. The smallest absolute Gasteiger partial charge is 0.107 e. The fourth-order valence-electron chi connectivity index (χ4n) is 1.54. The summed E-state index contributed by atoms with van der Waals surface area (Å²) >= 11 is 0. The zero-order valence-corrected chi connectivity index (χ0v) is 8.70. The molecule has 0 aliphatic heterocycles. The standard InChI is InChI=1S/C11H15N3O/c1-7(15)2-5-11-13-9-4-3-8(12)6-10(9)14-11/h3-4,6-7,15H,2,5,12H2,1H3,(H,13,14)/t7-/m1/s1. The first-order valence-electron chi connectivity index (χ1n) is 5.07. The molecular weight excluding hydrogens is 190 g/mol. The number of hydrogen-bond acceptors (Lipinski definition) is 3. The Balaban J connectivity index is 2.23. The molecule has 0 saturated heterocycles. The summed E-state index contributed by atoms with van der Waals surface area (Å²) in [4.78, 5) is 7.59. The van der Waals surface area contributed by atoms with E-state index in [4.69, 9.17) is 5.73 Å². The van der Waals surface area contributed by atoms with Crippen LogP contribution in [0.15, 0.2) is 18.2 Å². The number of aromatic amines is 1. The Morgan fingerprint density at radius 1 is 1.53 bits per heavy atom. The number of aliphatic hydroxyl groups is 1. The number of imidazole rings is 1. The molecule has 0 amide bonds. The van der Waals surface area contributed by atoms with E-state index in [1.54, 1.807) is 6.92 Å². The summed E-state index contributed by atoms with van der Waals surface area (Å²) in [5, 5.41) is 9.17.